The van der Waals surface area contributed by atoms with Crippen LogP contribution >= 0.6 is 0 Å². The molecular weight excluding hydrogens is 324 g/mol. The molecule has 1 unspecified atom stereocenters. The zero-order valence-electron chi connectivity index (χ0n) is 14.9. The Hall–Kier alpha value is -1.17. The highest BCUT2D eigenvalue weighted by Crippen LogP contribution is 2.43. The van der Waals surface area contributed by atoms with Crippen LogP contribution in [0.2, 0.25) is 6.04 Å². The maximum absolute atomic E-state index is 10.9. The molecule has 24 heavy (non-hydrogen) atoms. The van der Waals surface area contributed by atoms with Gasteiger partial charge in [0, 0.05) is 27.8 Å². The molecule has 2 aliphatic rings. The zero-order chi connectivity index (χ0) is 17.6. The van der Waals surface area contributed by atoms with Crippen LogP contribution in [0.5, 0.6) is 0 Å². The van der Waals surface area contributed by atoms with E-state index in [9.17, 15) is 9.90 Å². The van der Waals surface area contributed by atoms with Gasteiger partial charge in [0.1, 0.15) is 16.9 Å². The molecule has 0 aromatic carbocycles. The van der Waals surface area contributed by atoms with Crippen LogP contribution in [0.3, 0.4) is 0 Å². The van der Waals surface area contributed by atoms with E-state index in [-0.39, 0.29) is 11.0 Å². The third kappa shape index (κ3) is 3.58. The molecule has 1 heterocycles. The minimum atomic E-state index is -2.39. The van der Waals surface area contributed by atoms with Gasteiger partial charge in [-0.15, -0.1) is 0 Å². The summed E-state index contributed by atoms with van der Waals surface area (Å²) in [6.45, 7) is 0. The topological polar surface area (TPSA) is 65.0 Å². The number of aliphatic hydroxyl groups excluding tert-OH is 1. The number of methoxy groups -OCH3 is 1. The molecule has 2 rings (SSSR count). The third-order valence-electron chi connectivity index (χ3n) is 5.47. The number of carbonyl (C=O) groups excluding carboxylic acids is 1. The van der Waals surface area contributed by atoms with Crippen molar-refractivity contribution in [1.82, 2.24) is 0 Å². The summed E-state index contributed by atoms with van der Waals surface area (Å²) < 4.78 is 17.8. The molecular formula is C18H28O5Si. The smallest absolute Gasteiger partial charge is 0.370 e. The van der Waals surface area contributed by atoms with Crippen LogP contribution in [-0.4, -0.2) is 46.2 Å². The van der Waals surface area contributed by atoms with Gasteiger partial charge in [-0.25, -0.2) is 4.79 Å². The Bertz CT molecular complexity index is 558. The quantitative estimate of drug-likeness (QED) is 0.561. The lowest BCUT2D eigenvalue weighted by Gasteiger charge is -2.48. The molecule has 0 radical (unpaired) electrons. The van der Waals surface area contributed by atoms with Crippen molar-refractivity contribution < 1.29 is 23.5 Å². The van der Waals surface area contributed by atoms with E-state index in [1.165, 1.54) is 0 Å². The first-order valence-electron chi connectivity index (χ1n) is 8.55. The molecule has 0 spiro atoms. The Morgan fingerprint density at radius 1 is 1.25 bits per heavy atom. The Morgan fingerprint density at radius 2 is 2.00 bits per heavy atom. The van der Waals surface area contributed by atoms with Gasteiger partial charge in [-0.1, -0.05) is 24.5 Å². The minimum Gasteiger partial charge on any atom is -0.507 e. The lowest BCUT2D eigenvalue weighted by atomic mass is 9.94. The second kappa shape index (κ2) is 8.27. The van der Waals surface area contributed by atoms with Crippen molar-refractivity contribution in [2.75, 3.05) is 21.3 Å². The molecule has 1 aliphatic carbocycles. The summed E-state index contributed by atoms with van der Waals surface area (Å²) in [6, 6.07) is 0.963. The molecule has 1 saturated heterocycles. The largest absolute Gasteiger partial charge is 0.507 e. The lowest BCUT2D eigenvalue weighted by molar-refractivity contribution is -0.0156. The molecule has 134 valence electrons. The van der Waals surface area contributed by atoms with Gasteiger partial charge < -0.3 is 18.7 Å². The molecule has 1 N–H and O–H groups in total. The van der Waals surface area contributed by atoms with Crippen molar-refractivity contribution in [2.24, 2.45) is 0 Å². The first kappa shape index (κ1) is 19.2. The first-order valence-corrected chi connectivity index (χ1v) is 10.6. The number of allylic oxidation sites excluding steroid dienone is 4. The van der Waals surface area contributed by atoms with Crippen molar-refractivity contribution in [3.8, 4) is 0 Å². The maximum Gasteiger partial charge on any atom is 0.370 e. The fourth-order valence-corrected chi connectivity index (χ4v) is 7.97. The molecule has 0 aromatic rings. The molecule has 0 aromatic heterocycles. The van der Waals surface area contributed by atoms with Crippen LogP contribution < -0.4 is 0 Å². The molecule has 0 bridgehead atoms. The van der Waals surface area contributed by atoms with Crippen molar-refractivity contribution in [1.29, 1.82) is 0 Å². The van der Waals surface area contributed by atoms with E-state index < -0.39 is 8.56 Å². The fraction of sp³-hybridized carbons (Fsp3) is 0.667. The maximum atomic E-state index is 10.9. The minimum absolute atomic E-state index is 0.0274. The average Bonchev–Trinajstić information content (AvgIpc) is 2.63. The van der Waals surface area contributed by atoms with E-state index in [1.807, 2.05) is 12.0 Å². The van der Waals surface area contributed by atoms with Crippen LogP contribution in [-0.2, 0) is 18.4 Å². The van der Waals surface area contributed by atoms with Crippen molar-refractivity contribution in [2.45, 2.75) is 56.2 Å². The Balaban J connectivity index is 2.04. The van der Waals surface area contributed by atoms with E-state index in [4.69, 9.17) is 13.6 Å². The molecule has 1 fully saturated rings. The number of aliphatic hydroxyl groups is 1. The third-order valence-corrected chi connectivity index (χ3v) is 9.90. The standard InChI is InChI=1S/C18H28O5Si/c1-21-18(10-4-5-12-24(18,22-2)23-3)11-6-7-15-8-9-17(20)16(13-15)14-19/h8-9,20H,4-7,10-13H2,1-3H3. The number of hydrogen-bond acceptors (Lipinski definition) is 5. The van der Waals surface area contributed by atoms with Gasteiger partial charge in [-0.2, -0.15) is 0 Å². The Morgan fingerprint density at radius 3 is 2.62 bits per heavy atom. The van der Waals surface area contributed by atoms with E-state index in [0.29, 0.717) is 12.0 Å². The number of rotatable bonds is 7. The normalized spacial score (nSPS) is 26.5. The summed E-state index contributed by atoms with van der Waals surface area (Å²) >= 11 is 0. The van der Waals surface area contributed by atoms with Crippen LogP contribution in [0.15, 0.2) is 29.1 Å². The molecule has 1 aliphatic heterocycles. The van der Waals surface area contributed by atoms with Crippen LogP contribution in [0, 0.1) is 0 Å². The van der Waals surface area contributed by atoms with Crippen LogP contribution in [0.25, 0.3) is 0 Å². The molecule has 0 amide bonds. The van der Waals surface area contributed by atoms with E-state index in [1.54, 1.807) is 27.4 Å². The Kier molecular flexibility index (Phi) is 6.60. The monoisotopic (exact) mass is 352 g/mol. The van der Waals surface area contributed by atoms with Crippen molar-refractivity contribution in [3.05, 3.63) is 29.1 Å². The van der Waals surface area contributed by atoms with Gasteiger partial charge >= 0.3 is 8.56 Å². The highest BCUT2D eigenvalue weighted by atomic mass is 28.4. The molecule has 1 atom stereocenters. The van der Waals surface area contributed by atoms with Crippen molar-refractivity contribution in [3.63, 3.8) is 0 Å². The average molecular weight is 353 g/mol. The Labute approximate surface area is 145 Å². The van der Waals surface area contributed by atoms with E-state index in [0.717, 1.165) is 50.1 Å². The predicted molar refractivity (Wildman–Crippen MR) is 94.6 cm³/mol. The van der Waals surface area contributed by atoms with Crippen molar-refractivity contribution >= 4 is 14.5 Å². The second-order valence-electron chi connectivity index (χ2n) is 6.55. The van der Waals surface area contributed by atoms with Crippen LogP contribution in [0.1, 0.15) is 44.9 Å². The van der Waals surface area contributed by atoms with Gasteiger partial charge in [0.05, 0.1) is 5.57 Å². The van der Waals surface area contributed by atoms with E-state index >= 15 is 0 Å². The number of hydrogen-bond donors (Lipinski definition) is 1. The number of ether oxygens (including phenoxy) is 1. The first-order chi connectivity index (χ1) is 11.6. The molecule has 5 nitrogen and oxygen atoms in total. The second-order valence-corrected chi connectivity index (χ2v) is 10.3. The fourth-order valence-electron chi connectivity index (χ4n) is 4.06. The van der Waals surface area contributed by atoms with Crippen LogP contribution in [0.4, 0.5) is 0 Å². The zero-order valence-corrected chi connectivity index (χ0v) is 15.9. The van der Waals surface area contributed by atoms with Gasteiger partial charge in [0.2, 0.25) is 0 Å². The SMILES string of the molecule is COC1(CCCC2=CC=C(O)C(=C=O)C2)CCCC[Si]1(OC)OC. The molecule has 6 heteroatoms. The summed E-state index contributed by atoms with van der Waals surface area (Å²) in [5, 5.41) is 9.28. The van der Waals surface area contributed by atoms with Gasteiger partial charge in [-0.05, 0) is 37.8 Å². The van der Waals surface area contributed by atoms with Gasteiger partial charge in [-0.3, -0.25) is 0 Å². The van der Waals surface area contributed by atoms with E-state index in [2.05, 4.69) is 0 Å². The summed E-state index contributed by atoms with van der Waals surface area (Å²) in [4.78, 5) is 10.9. The summed E-state index contributed by atoms with van der Waals surface area (Å²) in [7, 11) is 2.86. The summed E-state index contributed by atoms with van der Waals surface area (Å²) in [6.07, 6.45) is 9.85. The summed E-state index contributed by atoms with van der Waals surface area (Å²) in [5.74, 6) is 1.85. The lowest BCUT2D eigenvalue weighted by Crippen LogP contribution is -2.64. The molecule has 0 saturated carbocycles. The summed E-state index contributed by atoms with van der Waals surface area (Å²) in [5.41, 5.74) is 1.47. The van der Waals surface area contributed by atoms with Gasteiger partial charge in [0.25, 0.3) is 0 Å². The van der Waals surface area contributed by atoms with Gasteiger partial charge in [0.15, 0.2) is 0 Å². The highest BCUT2D eigenvalue weighted by molar-refractivity contribution is 6.70. The predicted octanol–water partition coefficient (Wildman–Crippen LogP) is 3.53. The highest BCUT2D eigenvalue weighted by Gasteiger charge is 2.58.